The van der Waals surface area contributed by atoms with E-state index in [4.69, 9.17) is 52.8 Å². The molecule has 0 radical (unpaired) electrons. The van der Waals surface area contributed by atoms with Crippen LogP contribution in [0.3, 0.4) is 0 Å². The number of rotatable bonds is 8. The van der Waals surface area contributed by atoms with Gasteiger partial charge in [0.15, 0.2) is 35.3 Å². The molecule has 2 aliphatic heterocycles. The van der Waals surface area contributed by atoms with Crippen molar-refractivity contribution in [1.29, 1.82) is 0 Å². The molecule has 3 fully saturated rings. The number of nitrogens with zero attached hydrogens (tertiary/aromatic N) is 8. The zero-order chi connectivity index (χ0) is 43.4. The number of anilines is 2. The number of hydrogen-bond donors (Lipinski definition) is 2. The Morgan fingerprint density at radius 3 is 1.80 bits per heavy atom. The molecule has 328 valence electrons. The van der Waals surface area contributed by atoms with Gasteiger partial charge in [-0.25, -0.2) is 56.9 Å². The fourth-order valence-corrected chi connectivity index (χ4v) is 9.14. The van der Waals surface area contributed by atoms with Gasteiger partial charge in [-0.3, -0.25) is 32.3 Å². The Balaban J connectivity index is 1.24. The summed E-state index contributed by atoms with van der Waals surface area (Å²) in [5.74, 6) is -2.65. The van der Waals surface area contributed by atoms with Gasteiger partial charge < -0.3 is 30.2 Å². The van der Waals surface area contributed by atoms with E-state index >= 15 is 8.78 Å². The van der Waals surface area contributed by atoms with Gasteiger partial charge in [0.2, 0.25) is 13.6 Å². The van der Waals surface area contributed by atoms with Gasteiger partial charge in [0.1, 0.15) is 48.2 Å². The van der Waals surface area contributed by atoms with Crippen LogP contribution in [0.5, 0.6) is 0 Å². The van der Waals surface area contributed by atoms with Gasteiger partial charge in [-0.15, -0.1) is 0 Å². The second-order valence-electron chi connectivity index (χ2n) is 16.2. The number of nitrogen functional groups attached to an aromatic ring is 2. The molecule has 0 spiro atoms. The lowest BCUT2D eigenvalue weighted by molar-refractivity contribution is -0.161. The Kier molecular flexibility index (Phi) is 12.0. The highest BCUT2D eigenvalue weighted by Crippen LogP contribution is 2.59. The number of imidazole rings is 2. The monoisotopic (exact) mass is 888 g/mol. The van der Waals surface area contributed by atoms with Crippen LogP contribution in [0, 0.1) is 16.7 Å². The number of alkyl halides is 2. The molecule has 2 saturated heterocycles. The van der Waals surface area contributed by atoms with E-state index in [1.807, 2.05) is 0 Å². The number of carbonyl (C=O) groups is 2. The standard InChI is InChI=1S/C33H44F2N10O13P2/c1-32(2,3)30(46)50-14-54-59(48)52-8-16-7-17(44-12-42-21-25(36)38-10-40-27(21)44)19(34)23(16)57-60(49,55-15-51-31(47)33(4,5)6)53-9-18-24(58-59)20(35)29(56-18)45-13-43-22-26(37)39-11-41-28(22)45/h10-13,16-20,23-24,29H,7-9,14-15H2,1-6H3,(H2,36,38,40)(H2,37,39,41). The minimum absolute atomic E-state index is 0.0192. The molecule has 4 aromatic heterocycles. The summed E-state index contributed by atoms with van der Waals surface area (Å²) in [5.41, 5.74) is 10.4. The molecule has 0 amide bonds. The van der Waals surface area contributed by atoms with Crippen LogP contribution in [0.1, 0.15) is 60.2 Å². The number of carbonyl (C=O) groups excluding carboxylic acids is 2. The Morgan fingerprint density at radius 1 is 0.750 bits per heavy atom. The van der Waals surface area contributed by atoms with Crippen LogP contribution in [0.25, 0.3) is 22.3 Å². The van der Waals surface area contributed by atoms with Crippen LogP contribution in [0.2, 0.25) is 0 Å². The summed E-state index contributed by atoms with van der Waals surface area (Å²) in [6.07, 6.45) is -6.66. The third-order valence-corrected chi connectivity index (χ3v) is 12.5. The van der Waals surface area contributed by atoms with E-state index in [1.54, 1.807) is 41.5 Å². The lowest BCUT2D eigenvalue weighted by atomic mass is 9.98. The van der Waals surface area contributed by atoms with Crippen molar-refractivity contribution in [2.75, 3.05) is 38.3 Å². The molecule has 4 N–H and O–H groups in total. The Morgan fingerprint density at radius 2 is 1.25 bits per heavy atom. The number of phosphoric ester groups is 2. The molecule has 4 aromatic rings. The van der Waals surface area contributed by atoms with Crippen LogP contribution in [-0.2, 0) is 60.1 Å². The number of halogens is 2. The Labute approximate surface area is 340 Å². The molecule has 0 bridgehead atoms. The average Bonchev–Trinajstić information content (AvgIpc) is 3.94. The molecule has 6 heterocycles. The minimum Gasteiger partial charge on any atom is -0.437 e. The van der Waals surface area contributed by atoms with Gasteiger partial charge in [-0.1, -0.05) is 0 Å². The van der Waals surface area contributed by atoms with E-state index in [0.29, 0.717) is 0 Å². The summed E-state index contributed by atoms with van der Waals surface area (Å²) >= 11 is 0. The molecule has 10 atom stereocenters. The lowest BCUT2D eigenvalue weighted by Crippen LogP contribution is -2.36. The predicted molar refractivity (Wildman–Crippen MR) is 200 cm³/mol. The summed E-state index contributed by atoms with van der Waals surface area (Å²) in [6.45, 7) is 5.86. The molecule has 60 heavy (non-hydrogen) atoms. The highest BCUT2D eigenvalue weighted by molar-refractivity contribution is 7.48. The molecule has 27 heteroatoms. The maximum absolute atomic E-state index is 16.9. The van der Waals surface area contributed by atoms with Crippen molar-refractivity contribution in [3.63, 3.8) is 0 Å². The fraction of sp³-hybridized carbons (Fsp3) is 0.636. The van der Waals surface area contributed by atoms with E-state index in [2.05, 4.69) is 29.9 Å². The minimum atomic E-state index is -5.03. The molecule has 10 unspecified atom stereocenters. The number of hydrogen-bond acceptors (Lipinski definition) is 21. The van der Waals surface area contributed by atoms with Crippen LogP contribution < -0.4 is 11.5 Å². The number of fused-ring (bicyclic) bond motifs is 4. The van der Waals surface area contributed by atoms with Gasteiger partial charge in [0.25, 0.3) is 0 Å². The summed E-state index contributed by atoms with van der Waals surface area (Å²) in [4.78, 5) is 49.6. The first-order valence-electron chi connectivity index (χ1n) is 18.5. The van der Waals surface area contributed by atoms with Crippen LogP contribution in [0.15, 0.2) is 25.3 Å². The van der Waals surface area contributed by atoms with Crippen molar-refractivity contribution in [1.82, 2.24) is 39.0 Å². The van der Waals surface area contributed by atoms with E-state index in [9.17, 15) is 18.7 Å². The zero-order valence-corrected chi connectivity index (χ0v) is 34.9. The highest BCUT2D eigenvalue weighted by Gasteiger charge is 2.55. The number of aromatic nitrogens is 8. The molecular formula is C33H44F2N10O13P2. The molecule has 3 aliphatic rings. The molecule has 1 saturated carbocycles. The van der Waals surface area contributed by atoms with Crippen LogP contribution in [0.4, 0.5) is 20.4 Å². The van der Waals surface area contributed by atoms with E-state index in [1.165, 1.54) is 21.8 Å². The van der Waals surface area contributed by atoms with Crippen molar-refractivity contribution in [2.24, 2.45) is 16.7 Å². The van der Waals surface area contributed by atoms with E-state index in [0.717, 1.165) is 12.7 Å². The highest BCUT2D eigenvalue weighted by atomic mass is 31.2. The summed E-state index contributed by atoms with van der Waals surface area (Å²) in [7, 11) is -10.1. The predicted octanol–water partition coefficient (Wildman–Crippen LogP) is 4.13. The third kappa shape index (κ3) is 8.86. The van der Waals surface area contributed by atoms with Crippen LogP contribution >= 0.6 is 15.6 Å². The third-order valence-electron chi connectivity index (χ3n) is 9.73. The summed E-state index contributed by atoms with van der Waals surface area (Å²) in [6, 6.07) is -1.16. The largest absolute Gasteiger partial charge is 0.478 e. The van der Waals surface area contributed by atoms with Crippen molar-refractivity contribution in [2.45, 2.75) is 90.9 Å². The van der Waals surface area contributed by atoms with Gasteiger partial charge in [0, 0.05) is 5.92 Å². The van der Waals surface area contributed by atoms with Crippen molar-refractivity contribution in [3.05, 3.63) is 25.3 Å². The van der Waals surface area contributed by atoms with Gasteiger partial charge >= 0.3 is 27.6 Å². The number of nitrogens with two attached hydrogens (primary N) is 2. The molecule has 7 rings (SSSR count). The average molecular weight is 889 g/mol. The lowest BCUT2D eigenvalue weighted by Gasteiger charge is -2.30. The Bertz CT molecular complexity index is 2180. The molecule has 1 aliphatic carbocycles. The first kappa shape index (κ1) is 43.8. The maximum Gasteiger partial charge on any atom is 0.478 e. The van der Waals surface area contributed by atoms with Crippen molar-refractivity contribution in [3.8, 4) is 0 Å². The smallest absolute Gasteiger partial charge is 0.437 e. The number of ether oxygens (including phenoxy) is 3. The van der Waals surface area contributed by atoms with Crippen LogP contribution in [-0.4, -0.2) is 108 Å². The van der Waals surface area contributed by atoms with Gasteiger partial charge in [0.05, 0.1) is 42.7 Å². The normalized spacial score (nSPS) is 31.6. The summed E-state index contributed by atoms with van der Waals surface area (Å²) < 4.78 is 116. The van der Waals surface area contributed by atoms with E-state index in [-0.39, 0.29) is 40.4 Å². The topological polar surface area (TPSA) is 291 Å². The SMILES string of the molecule is CC(C)(C)C(=O)OCOP1(=O)OCC2OC(n3cnc4c(N)ncnc43)C(F)C2OP(=O)(OCOC(=O)C(C)(C)C)OCC2CC(n3cnc4c(N)ncnc43)C(F)C2O1. The fourth-order valence-electron chi connectivity index (χ4n) is 6.54. The maximum atomic E-state index is 16.9. The first-order valence-corrected chi connectivity index (χ1v) is 21.4. The number of phosphoric acid groups is 2. The zero-order valence-electron chi connectivity index (χ0n) is 33.2. The second kappa shape index (κ2) is 16.5. The quantitative estimate of drug-likeness (QED) is 0.143. The summed E-state index contributed by atoms with van der Waals surface area (Å²) in [5, 5.41) is 0. The van der Waals surface area contributed by atoms with Crippen molar-refractivity contribution >= 4 is 61.5 Å². The van der Waals surface area contributed by atoms with Crippen molar-refractivity contribution < 1.29 is 68.9 Å². The molecule has 0 aromatic carbocycles. The molecular weight excluding hydrogens is 844 g/mol. The van der Waals surface area contributed by atoms with Gasteiger partial charge in [-0.05, 0) is 48.0 Å². The second-order valence-corrected chi connectivity index (χ2v) is 19.4. The van der Waals surface area contributed by atoms with E-state index < -0.39 is 114 Å². The first-order chi connectivity index (χ1) is 28.2. The molecule has 23 nitrogen and oxygen atoms in total. The number of esters is 2. The Hall–Kier alpha value is -4.32. The van der Waals surface area contributed by atoms with Gasteiger partial charge in [-0.2, -0.15) is 0 Å².